The van der Waals surface area contributed by atoms with E-state index in [-0.39, 0.29) is 5.54 Å². The standard InChI is InChI=1S/C13H25NO/c1-11-3-5-12(6-4-11)13(14)7-2-9-15-10-8-13/h11-12H,2-10,14H2,1H3. The molecule has 2 fully saturated rings. The summed E-state index contributed by atoms with van der Waals surface area (Å²) < 4.78 is 5.52. The van der Waals surface area contributed by atoms with Gasteiger partial charge in [-0.2, -0.15) is 0 Å². The van der Waals surface area contributed by atoms with Crippen molar-refractivity contribution in [2.75, 3.05) is 13.2 Å². The van der Waals surface area contributed by atoms with Crippen molar-refractivity contribution >= 4 is 0 Å². The van der Waals surface area contributed by atoms with Gasteiger partial charge < -0.3 is 10.5 Å². The van der Waals surface area contributed by atoms with Crippen LogP contribution in [0.25, 0.3) is 0 Å². The van der Waals surface area contributed by atoms with Gasteiger partial charge in [0.1, 0.15) is 0 Å². The molecular weight excluding hydrogens is 186 g/mol. The number of hydrogen-bond donors (Lipinski definition) is 1. The van der Waals surface area contributed by atoms with Crippen molar-refractivity contribution in [3.05, 3.63) is 0 Å². The number of nitrogens with two attached hydrogens (primary N) is 1. The minimum Gasteiger partial charge on any atom is -0.381 e. The summed E-state index contributed by atoms with van der Waals surface area (Å²) in [6.45, 7) is 4.17. The lowest BCUT2D eigenvalue weighted by Crippen LogP contribution is -2.48. The third-order valence-corrected chi connectivity index (χ3v) is 4.47. The molecule has 2 heteroatoms. The van der Waals surface area contributed by atoms with E-state index in [1.54, 1.807) is 0 Å². The van der Waals surface area contributed by atoms with Crippen LogP contribution < -0.4 is 5.73 Å². The Hall–Kier alpha value is -0.0800. The van der Waals surface area contributed by atoms with Crippen molar-refractivity contribution in [3.8, 4) is 0 Å². The lowest BCUT2D eigenvalue weighted by molar-refractivity contribution is 0.122. The van der Waals surface area contributed by atoms with Gasteiger partial charge in [0.05, 0.1) is 0 Å². The van der Waals surface area contributed by atoms with Gasteiger partial charge in [-0.1, -0.05) is 19.8 Å². The Morgan fingerprint density at radius 2 is 1.80 bits per heavy atom. The molecule has 0 aromatic carbocycles. The first kappa shape index (κ1) is 11.4. The zero-order valence-corrected chi connectivity index (χ0v) is 10.0. The fourth-order valence-corrected chi connectivity index (χ4v) is 3.24. The molecule has 15 heavy (non-hydrogen) atoms. The molecular formula is C13H25NO. The molecule has 0 aromatic rings. The van der Waals surface area contributed by atoms with Crippen LogP contribution in [0.1, 0.15) is 51.9 Å². The molecule has 0 bridgehead atoms. The fourth-order valence-electron chi connectivity index (χ4n) is 3.24. The molecule has 1 saturated carbocycles. The van der Waals surface area contributed by atoms with Crippen molar-refractivity contribution in [1.82, 2.24) is 0 Å². The van der Waals surface area contributed by atoms with E-state index < -0.39 is 0 Å². The molecule has 0 radical (unpaired) electrons. The van der Waals surface area contributed by atoms with E-state index in [2.05, 4.69) is 6.92 Å². The Morgan fingerprint density at radius 1 is 1.07 bits per heavy atom. The van der Waals surface area contributed by atoms with Crippen LogP contribution in [0.2, 0.25) is 0 Å². The van der Waals surface area contributed by atoms with E-state index in [0.717, 1.165) is 37.9 Å². The average molecular weight is 211 g/mol. The first-order valence-corrected chi connectivity index (χ1v) is 6.57. The number of rotatable bonds is 1. The van der Waals surface area contributed by atoms with Gasteiger partial charge >= 0.3 is 0 Å². The van der Waals surface area contributed by atoms with Crippen molar-refractivity contribution < 1.29 is 4.74 Å². The van der Waals surface area contributed by atoms with Crippen LogP contribution in [-0.2, 0) is 4.74 Å². The summed E-state index contributed by atoms with van der Waals surface area (Å²) in [6, 6.07) is 0. The molecule has 1 saturated heterocycles. The second kappa shape index (κ2) is 4.84. The van der Waals surface area contributed by atoms with Crippen molar-refractivity contribution in [2.45, 2.75) is 57.4 Å². The predicted octanol–water partition coefficient (Wildman–Crippen LogP) is 2.71. The zero-order valence-electron chi connectivity index (χ0n) is 10.0. The Kier molecular flexibility index (Phi) is 3.68. The van der Waals surface area contributed by atoms with Gasteiger partial charge in [0.15, 0.2) is 0 Å². The fraction of sp³-hybridized carbons (Fsp3) is 1.00. The second-order valence-electron chi connectivity index (χ2n) is 5.66. The summed E-state index contributed by atoms with van der Waals surface area (Å²) in [6.07, 6.45) is 8.85. The van der Waals surface area contributed by atoms with Gasteiger partial charge in [-0.25, -0.2) is 0 Å². The van der Waals surface area contributed by atoms with E-state index in [4.69, 9.17) is 10.5 Å². The molecule has 1 heterocycles. The Labute approximate surface area is 93.6 Å². The quantitative estimate of drug-likeness (QED) is 0.724. The van der Waals surface area contributed by atoms with Gasteiger partial charge in [-0.05, 0) is 43.9 Å². The first-order valence-electron chi connectivity index (χ1n) is 6.57. The van der Waals surface area contributed by atoms with Crippen molar-refractivity contribution in [2.24, 2.45) is 17.6 Å². The van der Waals surface area contributed by atoms with E-state index in [0.29, 0.717) is 0 Å². The van der Waals surface area contributed by atoms with Gasteiger partial charge in [0.2, 0.25) is 0 Å². The zero-order chi connectivity index (χ0) is 10.7. The SMILES string of the molecule is CC1CCC(C2(N)CCCOCC2)CC1. The highest BCUT2D eigenvalue weighted by Crippen LogP contribution is 2.38. The molecule has 0 aromatic heterocycles. The van der Waals surface area contributed by atoms with Crippen molar-refractivity contribution in [1.29, 1.82) is 0 Å². The Bertz CT molecular complexity index is 189. The van der Waals surface area contributed by atoms with Crippen LogP contribution in [-0.4, -0.2) is 18.8 Å². The third-order valence-electron chi connectivity index (χ3n) is 4.47. The number of hydrogen-bond acceptors (Lipinski definition) is 2. The van der Waals surface area contributed by atoms with Crippen molar-refractivity contribution in [3.63, 3.8) is 0 Å². The Morgan fingerprint density at radius 3 is 2.53 bits per heavy atom. The average Bonchev–Trinajstić information content (AvgIpc) is 2.45. The summed E-state index contributed by atoms with van der Waals surface area (Å²) in [5.41, 5.74) is 6.69. The molecule has 88 valence electrons. The van der Waals surface area contributed by atoms with Crippen LogP contribution in [0, 0.1) is 11.8 Å². The van der Waals surface area contributed by atoms with Crippen LogP contribution in [0.4, 0.5) is 0 Å². The van der Waals surface area contributed by atoms with Crippen LogP contribution in [0.15, 0.2) is 0 Å². The number of ether oxygens (including phenoxy) is 1. The minimum atomic E-state index is 0.0939. The monoisotopic (exact) mass is 211 g/mol. The molecule has 1 atom stereocenters. The molecule has 0 amide bonds. The van der Waals surface area contributed by atoms with Crippen LogP contribution in [0.3, 0.4) is 0 Å². The molecule has 2 N–H and O–H groups in total. The summed E-state index contributed by atoms with van der Waals surface area (Å²) in [5.74, 6) is 1.68. The summed E-state index contributed by atoms with van der Waals surface area (Å²) >= 11 is 0. The first-order chi connectivity index (χ1) is 7.21. The van der Waals surface area contributed by atoms with Crippen LogP contribution in [0.5, 0.6) is 0 Å². The summed E-state index contributed by atoms with van der Waals surface area (Å²) in [5, 5.41) is 0. The molecule has 0 spiro atoms. The molecule has 1 aliphatic heterocycles. The van der Waals surface area contributed by atoms with E-state index in [9.17, 15) is 0 Å². The molecule has 1 unspecified atom stereocenters. The maximum absolute atomic E-state index is 6.60. The third kappa shape index (κ3) is 2.73. The largest absolute Gasteiger partial charge is 0.381 e. The van der Waals surface area contributed by atoms with Gasteiger partial charge in [-0.3, -0.25) is 0 Å². The highest BCUT2D eigenvalue weighted by atomic mass is 16.5. The lowest BCUT2D eigenvalue weighted by atomic mass is 9.69. The lowest BCUT2D eigenvalue weighted by Gasteiger charge is -2.40. The van der Waals surface area contributed by atoms with E-state index >= 15 is 0 Å². The van der Waals surface area contributed by atoms with Gasteiger partial charge in [0, 0.05) is 18.8 Å². The topological polar surface area (TPSA) is 35.2 Å². The predicted molar refractivity (Wildman–Crippen MR) is 62.7 cm³/mol. The Balaban J connectivity index is 1.94. The van der Waals surface area contributed by atoms with Crippen LogP contribution >= 0.6 is 0 Å². The maximum Gasteiger partial charge on any atom is 0.0483 e. The van der Waals surface area contributed by atoms with Gasteiger partial charge in [-0.15, -0.1) is 0 Å². The van der Waals surface area contributed by atoms with E-state index in [1.807, 2.05) is 0 Å². The second-order valence-corrected chi connectivity index (χ2v) is 5.66. The van der Waals surface area contributed by atoms with Gasteiger partial charge in [0.25, 0.3) is 0 Å². The maximum atomic E-state index is 6.60. The molecule has 2 rings (SSSR count). The summed E-state index contributed by atoms with van der Waals surface area (Å²) in [7, 11) is 0. The van der Waals surface area contributed by atoms with E-state index in [1.165, 1.54) is 32.1 Å². The summed E-state index contributed by atoms with van der Waals surface area (Å²) in [4.78, 5) is 0. The normalized spacial score (nSPS) is 43.6. The molecule has 2 nitrogen and oxygen atoms in total. The highest BCUT2D eigenvalue weighted by molar-refractivity contribution is 4.94. The molecule has 1 aliphatic carbocycles. The minimum absolute atomic E-state index is 0.0939. The molecule has 2 aliphatic rings. The highest BCUT2D eigenvalue weighted by Gasteiger charge is 2.36. The smallest absolute Gasteiger partial charge is 0.0483 e.